The van der Waals surface area contributed by atoms with Gasteiger partial charge >= 0.3 is 0 Å². The number of anilines is 1. The Morgan fingerprint density at radius 3 is 2.03 bits per heavy atom. The molecule has 0 radical (unpaired) electrons. The van der Waals surface area contributed by atoms with E-state index in [0.717, 1.165) is 11.3 Å². The van der Waals surface area contributed by atoms with Crippen LogP contribution in [0.15, 0.2) is 35.3 Å². The summed E-state index contributed by atoms with van der Waals surface area (Å²) in [6.45, 7) is 3.05. The third-order valence-electron chi connectivity index (χ3n) is 4.14. The molecule has 0 saturated carbocycles. The first kappa shape index (κ1) is 22.0. The van der Waals surface area contributed by atoms with Gasteiger partial charge in [0.1, 0.15) is 0 Å². The van der Waals surface area contributed by atoms with Gasteiger partial charge in [-0.25, -0.2) is 0 Å². The van der Waals surface area contributed by atoms with Crippen molar-refractivity contribution in [2.24, 2.45) is 4.99 Å². The lowest BCUT2D eigenvalue weighted by Crippen LogP contribution is -2.30. The molecule has 0 aliphatic carbocycles. The molecule has 2 N–H and O–H groups in total. The summed E-state index contributed by atoms with van der Waals surface area (Å²) in [4.78, 5) is 4.27. The van der Waals surface area contributed by atoms with Crippen LogP contribution in [0.25, 0.3) is 0 Å². The van der Waals surface area contributed by atoms with Gasteiger partial charge in [-0.3, -0.25) is 4.99 Å². The topological polar surface area (TPSA) is 82.6 Å². The van der Waals surface area contributed by atoms with Gasteiger partial charge in [-0.1, -0.05) is 6.07 Å². The Labute approximate surface area is 171 Å². The quantitative estimate of drug-likeness (QED) is 0.491. The molecule has 0 saturated heterocycles. The standard InChI is InChI=1S/C21H29N3O5/c1-7-29-17-10-14(8-9-16(17)25-3)13-23-21(22-2)24-15-11-18(26-4)20(28-6)19(12-15)27-5/h8-12H,7,13H2,1-6H3,(H2,22,23,24). The van der Waals surface area contributed by atoms with E-state index >= 15 is 0 Å². The summed E-state index contributed by atoms with van der Waals surface area (Å²) in [6.07, 6.45) is 0. The summed E-state index contributed by atoms with van der Waals surface area (Å²) in [5, 5.41) is 6.50. The molecule has 0 bridgehead atoms. The van der Waals surface area contributed by atoms with E-state index < -0.39 is 0 Å². The molecular weight excluding hydrogens is 374 g/mol. The van der Waals surface area contributed by atoms with Crippen LogP contribution in [0.1, 0.15) is 12.5 Å². The minimum absolute atomic E-state index is 0.533. The van der Waals surface area contributed by atoms with Crippen LogP contribution in [-0.4, -0.2) is 48.1 Å². The predicted octanol–water partition coefficient (Wildman–Crippen LogP) is 3.31. The molecule has 8 heteroatoms. The van der Waals surface area contributed by atoms with Gasteiger partial charge in [-0.15, -0.1) is 0 Å². The maximum absolute atomic E-state index is 5.63. The van der Waals surface area contributed by atoms with Gasteiger partial charge in [0.25, 0.3) is 0 Å². The Balaban J connectivity index is 2.13. The van der Waals surface area contributed by atoms with E-state index in [4.69, 9.17) is 23.7 Å². The molecule has 2 aromatic rings. The molecule has 158 valence electrons. The Hall–Kier alpha value is -3.29. The van der Waals surface area contributed by atoms with Crippen molar-refractivity contribution < 1.29 is 23.7 Å². The lowest BCUT2D eigenvalue weighted by molar-refractivity contribution is 0.310. The molecule has 0 fully saturated rings. The van der Waals surface area contributed by atoms with Gasteiger partial charge in [0.15, 0.2) is 29.0 Å². The number of benzene rings is 2. The van der Waals surface area contributed by atoms with Crippen molar-refractivity contribution >= 4 is 11.6 Å². The van der Waals surface area contributed by atoms with Crippen LogP contribution in [0.3, 0.4) is 0 Å². The van der Waals surface area contributed by atoms with Crippen LogP contribution in [-0.2, 0) is 6.54 Å². The Bertz CT molecular complexity index is 814. The molecule has 0 spiro atoms. The van der Waals surface area contributed by atoms with E-state index in [9.17, 15) is 0 Å². The highest BCUT2D eigenvalue weighted by Gasteiger charge is 2.14. The van der Waals surface area contributed by atoms with E-state index in [1.807, 2.05) is 37.3 Å². The van der Waals surface area contributed by atoms with E-state index in [2.05, 4.69) is 15.6 Å². The minimum Gasteiger partial charge on any atom is -0.493 e. The van der Waals surface area contributed by atoms with Gasteiger partial charge in [0.05, 0.1) is 35.0 Å². The van der Waals surface area contributed by atoms with E-state index in [-0.39, 0.29) is 0 Å². The lowest BCUT2D eigenvalue weighted by Gasteiger charge is -2.17. The molecule has 29 heavy (non-hydrogen) atoms. The monoisotopic (exact) mass is 403 g/mol. The van der Waals surface area contributed by atoms with Crippen molar-refractivity contribution in [1.82, 2.24) is 5.32 Å². The van der Waals surface area contributed by atoms with Gasteiger partial charge in [-0.05, 0) is 24.6 Å². The fourth-order valence-corrected chi connectivity index (χ4v) is 2.75. The van der Waals surface area contributed by atoms with Crippen LogP contribution in [0.2, 0.25) is 0 Å². The highest BCUT2D eigenvalue weighted by Crippen LogP contribution is 2.39. The van der Waals surface area contributed by atoms with Crippen LogP contribution in [0, 0.1) is 0 Å². The van der Waals surface area contributed by atoms with E-state index in [0.29, 0.717) is 47.9 Å². The Kier molecular flexibility index (Phi) is 8.27. The zero-order valence-corrected chi connectivity index (χ0v) is 17.8. The molecule has 2 rings (SSSR count). The highest BCUT2D eigenvalue weighted by atomic mass is 16.5. The molecule has 2 aromatic carbocycles. The average Bonchev–Trinajstić information content (AvgIpc) is 2.76. The van der Waals surface area contributed by atoms with Gasteiger partial charge in [0, 0.05) is 31.4 Å². The lowest BCUT2D eigenvalue weighted by atomic mass is 10.2. The molecule has 0 amide bonds. The van der Waals surface area contributed by atoms with Crippen molar-refractivity contribution in [1.29, 1.82) is 0 Å². The molecule has 0 aliphatic heterocycles. The zero-order chi connectivity index (χ0) is 21.2. The Morgan fingerprint density at radius 2 is 1.52 bits per heavy atom. The van der Waals surface area contributed by atoms with Crippen LogP contribution in [0.5, 0.6) is 28.7 Å². The molecule has 0 aromatic heterocycles. The third-order valence-corrected chi connectivity index (χ3v) is 4.14. The SMILES string of the molecule is CCOc1cc(CNC(=NC)Nc2cc(OC)c(OC)c(OC)c2)ccc1OC. The molecule has 8 nitrogen and oxygen atoms in total. The second-order valence-electron chi connectivity index (χ2n) is 5.88. The Morgan fingerprint density at radius 1 is 0.862 bits per heavy atom. The summed E-state index contributed by atoms with van der Waals surface area (Å²) in [6, 6.07) is 9.43. The number of ether oxygens (including phenoxy) is 5. The van der Waals surface area contributed by atoms with Crippen LogP contribution < -0.4 is 34.3 Å². The fourth-order valence-electron chi connectivity index (χ4n) is 2.75. The molecule has 0 heterocycles. The summed E-state index contributed by atoms with van der Waals surface area (Å²) in [7, 11) is 8.05. The molecular formula is C21H29N3O5. The first-order valence-corrected chi connectivity index (χ1v) is 9.17. The number of guanidine groups is 1. The fraction of sp³-hybridized carbons (Fsp3) is 0.381. The molecule has 0 atom stereocenters. The van der Waals surface area contributed by atoms with Crippen molar-refractivity contribution in [3.05, 3.63) is 35.9 Å². The van der Waals surface area contributed by atoms with E-state index in [1.54, 1.807) is 35.5 Å². The minimum atomic E-state index is 0.533. The van der Waals surface area contributed by atoms with Crippen molar-refractivity contribution in [2.75, 3.05) is 47.4 Å². The predicted molar refractivity (Wildman–Crippen MR) is 114 cm³/mol. The number of rotatable bonds is 9. The summed E-state index contributed by atoms with van der Waals surface area (Å²) < 4.78 is 27.1. The average molecular weight is 403 g/mol. The largest absolute Gasteiger partial charge is 0.493 e. The maximum Gasteiger partial charge on any atom is 0.203 e. The van der Waals surface area contributed by atoms with Gasteiger partial charge in [0.2, 0.25) is 5.75 Å². The first-order chi connectivity index (χ1) is 14.1. The smallest absolute Gasteiger partial charge is 0.203 e. The summed E-state index contributed by atoms with van der Waals surface area (Å²) >= 11 is 0. The van der Waals surface area contributed by atoms with Crippen molar-refractivity contribution in [3.63, 3.8) is 0 Å². The van der Waals surface area contributed by atoms with Gasteiger partial charge < -0.3 is 34.3 Å². The maximum atomic E-state index is 5.63. The van der Waals surface area contributed by atoms with Crippen molar-refractivity contribution in [3.8, 4) is 28.7 Å². The third kappa shape index (κ3) is 5.60. The second kappa shape index (κ2) is 10.9. The summed E-state index contributed by atoms with van der Waals surface area (Å²) in [5.74, 6) is 3.65. The number of aliphatic imine (C=N–C) groups is 1. The van der Waals surface area contributed by atoms with E-state index in [1.165, 1.54) is 0 Å². The highest BCUT2D eigenvalue weighted by molar-refractivity contribution is 5.94. The number of nitrogens with one attached hydrogen (secondary N) is 2. The summed E-state index contributed by atoms with van der Waals surface area (Å²) in [5.41, 5.74) is 1.78. The first-order valence-electron chi connectivity index (χ1n) is 9.17. The van der Waals surface area contributed by atoms with Crippen LogP contribution in [0.4, 0.5) is 5.69 Å². The number of hydrogen-bond donors (Lipinski definition) is 2. The van der Waals surface area contributed by atoms with Crippen molar-refractivity contribution in [2.45, 2.75) is 13.5 Å². The van der Waals surface area contributed by atoms with Gasteiger partial charge in [-0.2, -0.15) is 0 Å². The number of methoxy groups -OCH3 is 4. The normalized spacial score (nSPS) is 10.9. The number of hydrogen-bond acceptors (Lipinski definition) is 6. The molecule has 0 aliphatic rings. The van der Waals surface area contributed by atoms with Crippen LogP contribution >= 0.6 is 0 Å². The molecule has 0 unspecified atom stereocenters. The second-order valence-corrected chi connectivity index (χ2v) is 5.88. The number of nitrogens with zero attached hydrogens (tertiary/aromatic N) is 1. The zero-order valence-electron chi connectivity index (χ0n) is 17.8.